The molecule has 0 saturated carbocycles. The minimum atomic E-state index is -0.357. The minimum Gasteiger partial charge on any atom is -0.393 e. The second-order valence-electron chi connectivity index (χ2n) is 3.89. The van der Waals surface area contributed by atoms with Gasteiger partial charge in [-0.1, -0.05) is 0 Å². The highest BCUT2D eigenvalue weighted by Gasteiger charge is 2.07. The molecule has 1 aromatic rings. The standard InChI is InChI=1S/C9H19N7O/c1-6(17)4-5-11-7-12-8(15-10)14-9(13-7)16(2)3/h6,17H,4-5,10H2,1-3H3,(H2,11,12,13,14,15). The van der Waals surface area contributed by atoms with Gasteiger partial charge in [0.15, 0.2) is 0 Å². The van der Waals surface area contributed by atoms with Crippen molar-refractivity contribution in [1.29, 1.82) is 0 Å². The third kappa shape index (κ3) is 4.37. The van der Waals surface area contributed by atoms with Gasteiger partial charge >= 0.3 is 0 Å². The molecule has 0 amide bonds. The average molecular weight is 241 g/mol. The summed E-state index contributed by atoms with van der Waals surface area (Å²) in [5.41, 5.74) is 2.38. The van der Waals surface area contributed by atoms with Crippen LogP contribution in [0.4, 0.5) is 17.8 Å². The number of nitrogens with one attached hydrogen (secondary N) is 2. The maximum atomic E-state index is 9.14. The quantitative estimate of drug-likeness (QED) is 0.386. The third-order valence-corrected chi connectivity index (χ3v) is 2.00. The number of anilines is 3. The molecule has 8 heteroatoms. The molecule has 5 N–H and O–H groups in total. The van der Waals surface area contributed by atoms with Crippen molar-refractivity contribution in [3.63, 3.8) is 0 Å². The number of aliphatic hydroxyl groups is 1. The summed E-state index contributed by atoms with van der Waals surface area (Å²) in [6.07, 6.45) is 0.263. The van der Waals surface area contributed by atoms with Crippen LogP contribution in [0.3, 0.4) is 0 Å². The molecular weight excluding hydrogens is 222 g/mol. The summed E-state index contributed by atoms with van der Waals surface area (Å²) < 4.78 is 0. The first-order valence-electron chi connectivity index (χ1n) is 5.35. The van der Waals surface area contributed by atoms with Crippen molar-refractivity contribution >= 4 is 17.8 Å². The highest BCUT2D eigenvalue weighted by molar-refractivity contribution is 5.42. The summed E-state index contributed by atoms with van der Waals surface area (Å²) in [7, 11) is 3.66. The Hall–Kier alpha value is -1.67. The second kappa shape index (κ2) is 6.16. The maximum absolute atomic E-state index is 9.14. The first-order chi connectivity index (χ1) is 8.02. The van der Waals surface area contributed by atoms with E-state index in [1.54, 1.807) is 11.8 Å². The summed E-state index contributed by atoms with van der Waals surface area (Å²) in [5, 5.41) is 12.1. The number of hydrogen-bond donors (Lipinski definition) is 4. The van der Waals surface area contributed by atoms with E-state index in [-0.39, 0.29) is 6.10 Å². The molecule has 0 radical (unpaired) electrons. The largest absolute Gasteiger partial charge is 0.393 e. The van der Waals surface area contributed by atoms with Gasteiger partial charge in [-0.3, -0.25) is 5.43 Å². The van der Waals surface area contributed by atoms with Gasteiger partial charge in [-0.05, 0) is 13.3 Å². The smallest absolute Gasteiger partial charge is 0.243 e. The van der Waals surface area contributed by atoms with Crippen LogP contribution < -0.4 is 21.5 Å². The van der Waals surface area contributed by atoms with Crippen LogP contribution in [0.15, 0.2) is 0 Å². The molecule has 0 bridgehead atoms. The Morgan fingerprint density at radius 3 is 2.47 bits per heavy atom. The summed E-state index contributed by atoms with van der Waals surface area (Å²) in [4.78, 5) is 14.1. The molecule has 1 rings (SSSR count). The lowest BCUT2D eigenvalue weighted by atomic mass is 10.3. The average Bonchev–Trinajstić information content (AvgIpc) is 2.28. The Balaban J connectivity index is 2.73. The molecule has 0 spiro atoms. The van der Waals surface area contributed by atoms with Gasteiger partial charge in [0.2, 0.25) is 17.8 Å². The molecule has 1 atom stereocenters. The number of hydrazine groups is 1. The van der Waals surface area contributed by atoms with Crippen molar-refractivity contribution in [3.8, 4) is 0 Å². The van der Waals surface area contributed by atoms with Crippen molar-refractivity contribution in [3.05, 3.63) is 0 Å². The number of rotatable bonds is 6. The fourth-order valence-electron chi connectivity index (χ4n) is 1.10. The zero-order valence-electron chi connectivity index (χ0n) is 10.3. The van der Waals surface area contributed by atoms with Crippen LogP contribution >= 0.6 is 0 Å². The summed E-state index contributed by atoms with van der Waals surface area (Å²) in [5.74, 6) is 6.51. The first-order valence-corrected chi connectivity index (χ1v) is 5.35. The van der Waals surface area contributed by atoms with Gasteiger partial charge in [0.05, 0.1) is 6.10 Å². The van der Waals surface area contributed by atoms with Crippen LogP contribution in [-0.4, -0.2) is 46.8 Å². The van der Waals surface area contributed by atoms with Gasteiger partial charge in [0.1, 0.15) is 0 Å². The number of aliphatic hydroxyl groups excluding tert-OH is 1. The normalized spacial score (nSPS) is 12.1. The van der Waals surface area contributed by atoms with Crippen molar-refractivity contribution in [2.24, 2.45) is 5.84 Å². The zero-order chi connectivity index (χ0) is 12.8. The number of nitrogen functional groups attached to an aromatic ring is 1. The van der Waals surface area contributed by atoms with Gasteiger partial charge in [-0.25, -0.2) is 5.84 Å². The van der Waals surface area contributed by atoms with Gasteiger partial charge in [-0.2, -0.15) is 15.0 Å². The number of nitrogens with zero attached hydrogens (tertiary/aromatic N) is 4. The highest BCUT2D eigenvalue weighted by atomic mass is 16.3. The molecule has 1 heterocycles. The lowest BCUT2D eigenvalue weighted by molar-refractivity contribution is 0.188. The molecule has 0 aliphatic heterocycles. The number of nitrogens with two attached hydrogens (primary N) is 1. The van der Waals surface area contributed by atoms with Crippen LogP contribution in [0, 0.1) is 0 Å². The van der Waals surface area contributed by atoms with Gasteiger partial charge in [0, 0.05) is 20.6 Å². The third-order valence-electron chi connectivity index (χ3n) is 2.00. The van der Waals surface area contributed by atoms with Crippen LogP contribution in [-0.2, 0) is 0 Å². The molecule has 0 fully saturated rings. The van der Waals surface area contributed by atoms with Gasteiger partial charge in [0.25, 0.3) is 0 Å². The van der Waals surface area contributed by atoms with E-state index in [0.29, 0.717) is 30.8 Å². The maximum Gasteiger partial charge on any atom is 0.243 e. The fraction of sp³-hybridized carbons (Fsp3) is 0.667. The first kappa shape index (κ1) is 13.4. The van der Waals surface area contributed by atoms with Crippen LogP contribution in [0.5, 0.6) is 0 Å². The van der Waals surface area contributed by atoms with E-state index < -0.39 is 0 Å². The van der Waals surface area contributed by atoms with E-state index in [4.69, 9.17) is 10.9 Å². The van der Waals surface area contributed by atoms with Crippen LogP contribution in [0.25, 0.3) is 0 Å². The molecule has 0 saturated heterocycles. The van der Waals surface area contributed by atoms with Gasteiger partial charge < -0.3 is 15.3 Å². The van der Waals surface area contributed by atoms with Crippen LogP contribution in [0.1, 0.15) is 13.3 Å². The Bertz CT molecular complexity index is 355. The molecule has 1 unspecified atom stereocenters. The van der Waals surface area contributed by atoms with E-state index in [1.165, 1.54) is 0 Å². The minimum absolute atomic E-state index is 0.295. The monoisotopic (exact) mass is 241 g/mol. The molecule has 1 aromatic heterocycles. The molecule has 0 aliphatic rings. The summed E-state index contributed by atoms with van der Waals surface area (Å²) >= 11 is 0. The Morgan fingerprint density at radius 1 is 1.29 bits per heavy atom. The van der Waals surface area contributed by atoms with E-state index in [0.717, 1.165) is 0 Å². The Morgan fingerprint density at radius 2 is 1.94 bits per heavy atom. The fourth-order valence-corrected chi connectivity index (χ4v) is 1.10. The van der Waals surface area contributed by atoms with E-state index in [2.05, 4.69) is 25.7 Å². The summed E-state index contributed by atoms with van der Waals surface area (Å²) in [6.45, 7) is 2.31. The molecule has 17 heavy (non-hydrogen) atoms. The predicted octanol–water partition coefficient (Wildman–Crippen LogP) is -0.594. The van der Waals surface area contributed by atoms with E-state index in [1.807, 2.05) is 14.1 Å². The lowest BCUT2D eigenvalue weighted by Crippen LogP contribution is -2.19. The molecule has 0 aliphatic carbocycles. The molecule has 96 valence electrons. The number of hydrogen-bond acceptors (Lipinski definition) is 8. The number of aromatic nitrogens is 3. The van der Waals surface area contributed by atoms with Crippen molar-refractivity contribution in [2.75, 3.05) is 36.3 Å². The van der Waals surface area contributed by atoms with Crippen LogP contribution in [0.2, 0.25) is 0 Å². The lowest BCUT2D eigenvalue weighted by Gasteiger charge is -2.13. The predicted molar refractivity (Wildman–Crippen MR) is 66.8 cm³/mol. The molecule has 0 aromatic carbocycles. The van der Waals surface area contributed by atoms with E-state index in [9.17, 15) is 0 Å². The van der Waals surface area contributed by atoms with Crippen molar-refractivity contribution < 1.29 is 5.11 Å². The molecular formula is C9H19N7O. The van der Waals surface area contributed by atoms with Gasteiger partial charge in [-0.15, -0.1) is 0 Å². The van der Waals surface area contributed by atoms with Crippen molar-refractivity contribution in [1.82, 2.24) is 15.0 Å². The SMILES string of the molecule is CC(O)CCNc1nc(NN)nc(N(C)C)n1. The zero-order valence-corrected chi connectivity index (χ0v) is 10.3. The topological polar surface area (TPSA) is 112 Å². The highest BCUT2D eigenvalue weighted by Crippen LogP contribution is 2.10. The Labute approximate surface area is 100 Å². The molecule has 8 nitrogen and oxygen atoms in total. The second-order valence-corrected chi connectivity index (χ2v) is 3.89. The van der Waals surface area contributed by atoms with E-state index >= 15 is 0 Å². The van der Waals surface area contributed by atoms with Crippen molar-refractivity contribution in [2.45, 2.75) is 19.4 Å². The summed E-state index contributed by atoms with van der Waals surface area (Å²) in [6, 6.07) is 0. The Kier molecular flexibility index (Phi) is 4.85.